The third kappa shape index (κ3) is 41.0. The van der Waals surface area contributed by atoms with Crippen molar-refractivity contribution >= 4 is 0 Å². The fourth-order valence-electron chi connectivity index (χ4n) is 0. The van der Waals surface area contributed by atoms with Gasteiger partial charge in [0.2, 0.25) is 0 Å². The summed E-state index contributed by atoms with van der Waals surface area (Å²) >= 11 is 0. The van der Waals surface area contributed by atoms with Gasteiger partial charge in [-0.15, -0.1) is 0 Å². The van der Waals surface area contributed by atoms with Crippen LogP contribution in [0.3, 0.4) is 0 Å². The first-order valence-corrected chi connectivity index (χ1v) is 0. The van der Waals surface area contributed by atoms with E-state index in [-0.39, 0.29) is 54.6 Å². The second kappa shape index (κ2) is 71.8. The molecule has 5 heteroatoms. The van der Waals surface area contributed by atoms with E-state index in [0.29, 0.717) is 0 Å². The van der Waals surface area contributed by atoms with Crippen LogP contribution >= 0.6 is 0 Å². The third-order valence-corrected chi connectivity index (χ3v) is 0. The summed E-state index contributed by atoms with van der Waals surface area (Å²) in [6.45, 7) is 0. The van der Waals surface area contributed by atoms with E-state index in [0.717, 1.165) is 0 Å². The van der Waals surface area contributed by atoms with Gasteiger partial charge in [-0.05, 0) is 0 Å². The summed E-state index contributed by atoms with van der Waals surface area (Å²) in [5.41, 5.74) is 0. The first kappa shape index (κ1) is 133. The first-order valence-electron chi connectivity index (χ1n) is 0. The van der Waals surface area contributed by atoms with Crippen molar-refractivity contribution in [2.45, 2.75) is 0 Å². The van der Waals surface area contributed by atoms with Crippen LogP contribution < -0.4 is 0 Å². The van der Waals surface area contributed by atoms with E-state index in [1.54, 1.807) is 0 Å². The molecule has 0 rings (SSSR count). The summed E-state index contributed by atoms with van der Waals surface area (Å²) in [7, 11) is 0. The van der Waals surface area contributed by atoms with E-state index >= 15 is 0 Å². The molecular formula is FeO3W-4. The fourth-order valence-corrected chi connectivity index (χ4v) is 0. The zero-order valence-electron chi connectivity index (χ0n) is 1.99. The van der Waals surface area contributed by atoms with Gasteiger partial charge in [0.05, 0.1) is 0 Å². The van der Waals surface area contributed by atoms with Gasteiger partial charge in [-0.1, -0.05) is 0 Å². The van der Waals surface area contributed by atoms with Gasteiger partial charge in [-0.25, -0.2) is 0 Å². The van der Waals surface area contributed by atoms with Crippen molar-refractivity contribution in [3.05, 3.63) is 0 Å². The van der Waals surface area contributed by atoms with Crippen LogP contribution in [0.1, 0.15) is 0 Å². The molecule has 0 bridgehead atoms. The first-order chi connectivity index (χ1) is 0. The zero-order chi connectivity index (χ0) is 0. The van der Waals surface area contributed by atoms with E-state index in [1.165, 1.54) is 0 Å². The van der Waals surface area contributed by atoms with E-state index in [9.17, 15) is 0 Å². The molecule has 0 saturated carbocycles. The summed E-state index contributed by atoms with van der Waals surface area (Å²) in [4.78, 5) is 0. The standard InChI is InChI=1S/Fe.3O.W/q+2;3*-2;. The molecule has 0 aromatic heterocycles. The molecule has 0 radical (unpaired) electrons. The molecule has 36 valence electrons. The molecule has 3 nitrogen and oxygen atoms in total. The Morgan fingerprint density at radius 3 is 0.600 bits per heavy atom. The van der Waals surface area contributed by atoms with E-state index in [4.69, 9.17) is 0 Å². The van der Waals surface area contributed by atoms with Crippen LogP contribution in [0.25, 0.3) is 0 Å². The maximum absolute atomic E-state index is 0. The van der Waals surface area contributed by atoms with Gasteiger partial charge in [0.15, 0.2) is 0 Å². The number of rotatable bonds is 0. The molecule has 0 amide bonds. The Kier molecular flexibility index (Phi) is 1910. The van der Waals surface area contributed by atoms with Crippen molar-refractivity contribution in [1.29, 1.82) is 0 Å². The average Bonchev–Trinajstić information content (AvgIpc) is 0. The third-order valence-electron chi connectivity index (χ3n) is 0. The van der Waals surface area contributed by atoms with Gasteiger partial charge < -0.3 is 16.4 Å². The molecule has 5 heavy (non-hydrogen) atoms. The SMILES string of the molecule is [Fe+2].[O-2].[O-2].[O-2].[W]. The van der Waals surface area contributed by atoms with Crippen molar-refractivity contribution in [3.63, 3.8) is 0 Å². The summed E-state index contributed by atoms with van der Waals surface area (Å²) in [6.07, 6.45) is 0. The second-order valence-corrected chi connectivity index (χ2v) is 0. The van der Waals surface area contributed by atoms with E-state index < -0.39 is 0 Å². The van der Waals surface area contributed by atoms with Crippen LogP contribution in [0.2, 0.25) is 0 Å². The summed E-state index contributed by atoms with van der Waals surface area (Å²) in [6, 6.07) is 0. The van der Waals surface area contributed by atoms with Crippen molar-refractivity contribution in [3.8, 4) is 0 Å². The van der Waals surface area contributed by atoms with Gasteiger partial charge >= 0.3 is 17.1 Å². The van der Waals surface area contributed by atoms with Gasteiger partial charge in [0, 0.05) is 21.1 Å². The molecule has 0 aliphatic heterocycles. The normalized spacial score (nSPS) is 0. The zero-order valence-corrected chi connectivity index (χ0v) is 6.02. The van der Waals surface area contributed by atoms with E-state index in [2.05, 4.69) is 0 Å². The minimum atomic E-state index is 0. The quantitative estimate of drug-likeness (QED) is 0.545. The van der Waals surface area contributed by atoms with Gasteiger partial charge in [0.25, 0.3) is 0 Å². The Morgan fingerprint density at radius 2 is 0.600 bits per heavy atom. The maximum atomic E-state index is 0. The van der Waals surface area contributed by atoms with Crippen molar-refractivity contribution in [2.75, 3.05) is 0 Å². The minimum Gasteiger partial charge on any atom is -2.00 e. The Balaban J connectivity index is 0. The predicted molar refractivity (Wildman–Crippen MR) is 2.06 cm³/mol. The molecular weight excluding hydrogens is 288 g/mol. The van der Waals surface area contributed by atoms with Gasteiger partial charge in [0.1, 0.15) is 0 Å². The van der Waals surface area contributed by atoms with Crippen molar-refractivity contribution in [2.24, 2.45) is 0 Å². The number of hydrogen-bond donors (Lipinski definition) is 0. The van der Waals surface area contributed by atoms with Crippen LogP contribution in [-0.4, -0.2) is 0 Å². The molecule has 0 heterocycles. The number of hydrogen-bond acceptors (Lipinski definition) is 0. The maximum Gasteiger partial charge on any atom is 2.00 e. The molecule has 0 unspecified atom stereocenters. The molecule has 0 spiro atoms. The molecule has 0 aromatic rings. The summed E-state index contributed by atoms with van der Waals surface area (Å²) in [5.74, 6) is 0. The second-order valence-electron chi connectivity index (χ2n) is 0. The molecule has 0 saturated heterocycles. The predicted octanol–water partition coefficient (Wildman–Crippen LogP) is -0.361. The van der Waals surface area contributed by atoms with E-state index in [1.807, 2.05) is 0 Å². The topological polar surface area (TPSA) is 85.5 Å². The van der Waals surface area contributed by atoms with Crippen LogP contribution in [0, 0.1) is 0 Å². The largest absolute Gasteiger partial charge is 2.00 e. The summed E-state index contributed by atoms with van der Waals surface area (Å²) in [5, 5.41) is 0. The Morgan fingerprint density at radius 1 is 0.600 bits per heavy atom. The average molecular weight is 288 g/mol. The van der Waals surface area contributed by atoms with Gasteiger partial charge in [-0.3, -0.25) is 0 Å². The minimum absolute atomic E-state index is 0. The Hall–Kier alpha value is 1.09. The molecule has 0 N–H and O–H groups in total. The molecule has 0 fully saturated rings. The molecule has 0 atom stereocenters. The van der Waals surface area contributed by atoms with Crippen LogP contribution in [0.5, 0.6) is 0 Å². The fraction of sp³-hybridized carbons (Fsp3) is 0. The Bertz CT molecular complexity index is 6.85. The van der Waals surface area contributed by atoms with Crippen molar-refractivity contribution in [1.82, 2.24) is 0 Å². The molecule has 0 aliphatic rings. The monoisotopic (exact) mass is 288 g/mol. The molecule has 0 aliphatic carbocycles. The van der Waals surface area contributed by atoms with Crippen LogP contribution in [0.15, 0.2) is 0 Å². The Labute approximate surface area is 54.8 Å². The molecule has 0 aromatic carbocycles. The van der Waals surface area contributed by atoms with Gasteiger partial charge in [-0.2, -0.15) is 0 Å². The van der Waals surface area contributed by atoms with Crippen LogP contribution in [-0.2, 0) is 54.6 Å². The smallest absolute Gasteiger partial charge is 2.00 e. The van der Waals surface area contributed by atoms with Crippen LogP contribution in [0.4, 0.5) is 0 Å². The van der Waals surface area contributed by atoms with Crippen molar-refractivity contribution < 1.29 is 54.6 Å². The summed E-state index contributed by atoms with van der Waals surface area (Å²) < 4.78 is 0.